The van der Waals surface area contributed by atoms with E-state index in [4.69, 9.17) is 9.72 Å². The van der Waals surface area contributed by atoms with E-state index in [-0.39, 0.29) is 0 Å². The standard InChI is InChI=1S/C32H32N4O/c1-22-8-3-4-11-27(22)29-20-35-17-16-23-14-15-26(19-28(23)32(35)33-29)37-25-10-7-9-24(18-25)36-21-34(2)30-12-5-6-13-31(30)36/h5-7,9-10,12-15,18-20,22,27H,3-4,8,11,16-17H2,1-2H3. The lowest BCUT2D eigenvalue weighted by molar-refractivity contribution is -0.649. The summed E-state index contributed by atoms with van der Waals surface area (Å²) < 4.78 is 12.9. The van der Waals surface area contributed by atoms with Crippen LogP contribution in [0.3, 0.4) is 0 Å². The molecule has 2 atom stereocenters. The van der Waals surface area contributed by atoms with Crippen LogP contribution in [-0.4, -0.2) is 14.1 Å². The number of ether oxygens (including phenoxy) is 1. The Bertz CT molecular complexity index is 1610. The first-order valence-electron chi connectivity index (χ1n) is 13.5. The van der Waals surface area contributed by atoms with E-state index in [1.54, 1.807) is 0 Å². The highest BCUT2D eigenvalue weighted by Crippen LogP contribution is 2.40. The predicted octanol–water partition coefficient (Wildman–Crippen LogP) is 6.76. The number of hydrogen-bond acceptors (Lipinski definition) is 2. The van der Waals surface area contributed by atoms with Gasteiger partial charge in [-0.25, -0.2) is 4.98 Å². The third-order valence-corrected chi connectivity index (χ3v) is 8.28. The second kappa shape index (κ2) is 8.91. The van der Waals surface area contributed by atoms with Crippen LogP contribution in [0.4, 0.5) is 0 Å². The van der Waals surface area contributed by atoms with Gasteiger partial charge in [0.1, 0.15) is 17.3 Å². The molecule has 0 spiro atoms. The number of para-hydroxylation sites is 2. The average Bonchev–Trinajstić information content (AvgIpc) is 3.51. The minimum atomic E-state index is 0.584. The van der Waals surface area contributed by atoms with Crippen LogP contribution in [0.5, 0.6) is 11.5 Å². The highest BCUT2D eigenvalue weighted by Gasteiger charge is 2.28. The topological polar surface area (TPSA) is 35.9 Å². The molecule has 186 valence electrons. The van der Waals surface area contributed by atoms with Crippen molar-refractivity contribution in [3.63, 3.8) is 0 Å². The summed E-state index contributed by atoms with van der Waals surface area (Å²) in [6.07, 6.45) is 12.0. The lowest BCUT2D eigenvalue weighted by Gasteiger charge is -2.27. The van der Waals surface area contributed by atoms with Gasteiger partial charge in [0.15, 0.2) is 0 Å². The Balaban J connectivity index is 1.20. The zero-order valence-corrected chi connectivity index (χ0v) is 21.5. The van der Waals surface area contributed by atoms with Gasteiger partial charge < -0.3 is 18.4 Å². The maximum Gasteiger partial charge on any atom is 0.244 e. The Hall–Kier alpha value is -3.86. The summed E-state index contributed by atoms with van der Waals surface area (Å²) >= 11 is 0. The molecule has 1 saturated carbocycles. The molecule has 1 aliphatic heterocycles. The van der Waals surface area contributed by atoms with Gasteiger partial charge in [0.2, 0.25) is 6.33 Å². The third kappa shape index (κ3) is 3.93. The molecular weight excluding hydrogens is 456 g/mol. The summed E-state index contributed by atoms with van der Waals surface area (Å²) in [5, 5.41) is 0. The van der Waals surface area contributed by atoms with E-state index in [1.807, 2.05) is 23.7 Å². The maximum atomic E-state index is 6.41. The summed E-state index contributed by atoms with van der Waals surface area (Å²) in [5.41, 5.74) is 7.10. The van der Waals surface area contributed by atoms with Gasteiger partial charge in [-0.05, 0) is 48.6 Å². The molecule has 0 radical (unpaired) electrons. The molecule has 1 fully saturated rings. The van der Waals surface area contributed by atoms with E-state index in [1.165, 1.54) is 42.5 Å². The number of aryl methyl sites for hydroxylation is 3. The van der Waals surface area contributed by atoms with Crippen LogP contribution < -0.4 is 9.30 Å². The first kappa shape index (κ1) is 22.3. The largest absolute Gasteiger partial charge is 0.458 e. The summed E-state index contributed by atoms with van der Waals surface area (Å²) in [6.45, 7) is 3.39. The lowest BCUT2D eigenvalue weighted by atomic mass is 9.79. The molecule has 1 aliphatic carbocycles. The van der Waals surface area contributed by atoms with Crippen molar-refractivity contribution in [2.45, 2.75) is 51.5 Å². The summed E-state index contributed by atoms with van der Waals surface area (Å²) in [7, 11) is 2.02. The van der Waals surface area contributed by atoms with Gasteiger partial charge in [-0.3, -0.25) is 0 Å². The first-order chi connectivity index (χ1) is 18.1. The molecule has 5 nitrogen and oxygen atoms in total. The second-order valence-corrected chi connectivity index (χ2v) is 10.7. The molecule has 0 amide bonds. The molecule has 3 aromatic carbocycles. The predicted molar refractivity (Wildman–Crippen MR) is 145 cm³/mol. The Morgan fingerprint density at radius 1 is 0.973 bits per heavy atom. The highest BCUT2D eigenvalue weighted by atomic mass is 16.5. The van der Waals surface area contributed by atoms with Crippen LogP contribution in [0.1, 0.15) is 49.8 Å². The van der Waals surface area contributed by atoms with Gasteiger partial charge in [-0.15, -0.1) is 0 Å². The SMILES string of the molecule is CC1CCCCC1c1cn2c(n1)-c1cc(Oc3cccc(-n4[c-][n+](C)c5ccccc54)c3)ccc1CC2. The van der Waals surface area contributed by atoms with Crippen LogP contribution in [0.25, 0.3) is 28.1 Å². The van der Waals surface area contributed by atoms with Crippen LogP contribution in [0.2, 0.25) is 0 Å². The van der Waals surface area contributed by atoms with Crippen LogP contribution >= 0.6 is 0 Å². The van der Waals surface area contributed by atoms with Gasteiger partial charge >= 0.3 is 0 Å². The van der Waals surface area contributed by atoms with E-state index < -0.39 is 0 Å². The Kier molecular flexibility index (Phi) is 5.38. The lowest BCUT2D eigenvalue weighted by Crippen LogP contribution is -2.26. The second-order valence-electron chi connectivity index (χ2n) is 10.7. The molecular formula is C32H32N4O. The zero-order chi connectivity index (χ0) is 24.9. The van der Waals surface area contributed by atoms with Crippen molar-refractivity contribution in [2.24, 2.45) is 13.0 Å². The first-order valence-corrected chi connectivity index (χ1v) is 13.5. The Morgan fingerprint density at radius 3 is 2.76 bits per heavy atom. The van der Waals surface area contributed by atoms with Gasteiger partial charge in [0.25, 0.3) is 0 Å². The van der Waals surface area contributed by atoms with E-state index in [0.29, 0.717) is 11.8 Å². The van der Waals surface area contributed by atoms with Crippen molar-refractivity contribution in [3.05, 3.63) is 90.5 Å². The number of benzene rings is 3. The van der Waals surface area contributed by atoms with Gasteiger partial charge in [-0.2, -0.15) is 0 Å². The fraction of sp³-hybridized carbons (Fsp3) is 0.312. The van der Waals surface area contributed by atoms with Gasteiger partial charge in [0, 0.05) is 24.2 Å². The molecule has 3 heterocycles. The van der Waals surface area contributed by atoms with Crippen molar-refractivity contribution < 1.29 is 9.30 Å². The van der Waals surface area contributed by atoms with Crippen LogP contribution in [-0.2, 0) is 20.0 Å². The van der Waals surface area contributed by atoms with E-state index >= 15 is 0 Å². The van der Waals surface area contributed by atoms with E-state index in [9.17, 15) is 0 Å². The number of hydrogen-bond donors (Lipinski definition) is 0. The van der Waals surface area contributed by atoms with Gasteiger partial charge in [0.05, 0.1) is 29.5 Å². The Labute approximate surface area is 218 Å². The van der Waals surface area contributed by atoms with Crippen molar-refractivity contribution in [1.29, 1.82) is 0 Å². The number of aromatic nitrogens is 4. The van der Waals surface area contributed by atoms with Gasteiger partial charge in [-0.1, -0.05) is 68.7 Å². The maximum absolute atomic E-state index is 6.41. The van der Waals surface area contributed by atoms with E-state index in [0.717, 1.165) is 47.0 Å². The molecule has 2 aliphatic rings. The van der Waals surface area contributed by atoms with E-state index in [2.05, 4.69) is 83.2 Å². The summed E-state index contributed by atoms with van der Waals surface area (Å²) in [6, 6.07) is 23.0. The molecule has 0 N–H and O–H groups in total. The monoisotopic (exact) mass is 488 g/mol. The summed E-state index contributed by atoms with van der Waals surface area (Å²) in [5.74, 6) is 4.04. The zero-order valence-electron chi connectivity index (χ0n) is 21.5. The minimum absolute atomic E-state index is 0.584. The Morgan fingerprint density at radius 2 is 1.84 bits per heavy atom. The quantitative estimate of drug-likeness (QED) is 0.207. The smallest absolute Gasteiger partial charge is 0.244 e. The average molecular weight is 489 g/mol. The molecule has 0 saturated heterocycles. The molecule has 2 aromatic heterocycles. The fourth-order valence-corrected chi connectivity index (χ4v) is 6.26. The summed E-state index contributed by atoms with van der Waals surface area (Å²) in [4.78, 5) is 5.20. The van der Waals surface area contributed by atoms with Crippen molar-refractivity contribution in [3.8, 4) is 28.6 Å². The van der Waals surface area contributed by atoms with Crippen LogP contribution in [0.15, 0.2) is 72.9 Å². The molecule has 7 rings (SSSR count). The van der Waals surface area contributed by atoms with Crippen molar-refractivity contribution in [1.82, 2.24) is 14.1 Å². The van der Waals surface area contributed by atoms with Crippen LogP contribution in [0, 0.1) is 12.2 Å². The fourth-order valence-electron chi connectivity index (χ4n) is 6.26. The molecule has 0 bridgehead atoms. The number of nitrogens with zero attached hydrogens (tertiary/aromatic N) is 4. The number of fused-ring (bicyclic) bond motifs is 4. The molecule has 2 unspecified atom stereocenters. The number of imidazole rings is 2. The third-order valence-electron chi connectivity index (χ3n) is 8.28. The number of rotatable bonds is 4. The van der Waals surface area contributed by atoms with Crippen molar-refractivity contribution in [2.75, 3.05) is 0 Å². The minimum Gasteiger partial charge on any atom is -0.458 e. The highest BCUT2D eigenvalue weighted by molar-refractivity contribution is 5.74. The molecule has 5 heteroatoms. The van der Waals surface area contributed by atoms with Crippen molar-refractivity contribution >= 4 is 11.0 Å². The molecule has 37 heavy (non-hydrogen) atoms. The molecule has 5 aromatic rings. The normalized spacial score (nSPS) is 19.0.